The number of benzene rings is 1. The lowest BCUT2D eigenvalue weighted by atomic mass is 10.3. The van der Waals surface area contributed by atoms with Crippen LogP contribution in [0.25, 0.3) is 5.65 Å². The molecule has 0 saturated carbocycles. The molecule has 3 aromatic heterocycles. The molecular weight excluding hydrogens is 413 g/mol. The number of halogens is 1. The number of pyridine rings is 1. The van der Waals surface area contributed by atoms with Crippen molar-refractivity contribution in [1.82, 2.24) is 24.2 Å². The average molecular weight is 438 g/mol. The van der Waals surface area contributed by atoms with Gasteiger partial charge >= 0.3 is 0 Å². The van der Waals surface area contributed by atoms with Crippen LogP contribution in [-0.4, -0.2) is 50.3 Å². The van der Waals surface area contributed by atoms with Gasteiger partial charge in [0.25, 0.3) is 0 Å². The highest BCUT2D eigenvalue weighted by molar-refractivity contribution is 7.09. The third kappa shape index (κ3) is 5.10. The minimum Gasteiger partial charge on any atom is -0.486 e. The first kappa shape index (κ1) is 20.1. The van der Waals surface area contributed by atoms with Crippen molar-refractivity contribution in [2.24, 2.45) is 0 Å². The Hall–Kier alpha value is -2.81. The Morgan fingerprint density at radius 3 is 2.39 bits per heavy atom. The van der Waals surface area contributed by atoms with Crippen molar-refractivity contribution in [3.8, 4) is 5.75 Å². The van der Waals surface area contributed by atoms with Crippen LogP contribution in [0.5, 0.6) is 5.75 Å². The molecule has 0 N–H and O–H groups in total. The number of fused-ring (bicyclic) bond motifs is 1. The van der Waals surface area contributed by atoms with Gasteiger partial charge in [-0.15, -0.1) is 11.3 Å². The van der Waals surface area contributed by atoms with Crippen molar-refractivity contribution >= 4 is 17.0 Å². The van der Waals surface area contributed by atoms with Crippen LogP contribution < -0.4 is 4.74 Å². The summed E-state index contributed by atoms with van der Waals surface area (Å²) in [7, 11) is 0. The lowest BCUT2D eigenvalue weighted by Crippen LogP contribution is -2.45. The molecule has 1 saturated heterocycles. The molecule has 160 valence electrons. The van der Waals surface area contributed by atoms with Crippen LogP contribution in [0.15, 0.2) is 60.2 Å². The minimum absolute atomic E-state index is 0.262. The predicted octanol–water partition coefficient (Wildman–Crippen LogP) is 3.83. The monoisotopic (exact) mass is 437 g/mol. The first-order chi connectivity index (χ1) is 15.2. The number of aromatic nitrogens is 3. The highest BCUT2D eigenvalue weighted by Gasteiger charge is 2.19. The maximum absolute atomic E-state index is 13.0. The maximum Gasteiger partial charge on any atom is 0.140 e. The van der Waals surface area contributed by atoms with Crippen LogP contribution in [0.1, 0.15) is 16.4 Å². The molecule has 0 unspecified atom stereocenters. The fraction of sp³-hybridized carbons (Fsp3) is 0.304. The number of ether oxygens (including phenoxy) is 1. The lowest BCUT2D eigenvalue weighted by molar-refractivity contribution is 0.120. The zero-order valence-corrected chi connectivity index (χ0v) is 18.0. The van der Waals surface area contributed by atoms with E-state index >= 15 is 0 Å². The van der Waals surface area contributed by atoms with E-state index in [0.29, 0.717) is 12.4 Å². The molecule has 1 fully saturated rings. The minimum atomic E-state index is -0.262. The molecule has 4 heterocycles. The van der Waals surface area contributed by atoms with Crippen LogP contribution in [0.2, 0.25) is 0 Å². The summed E-state index contributed by atoms with van der Waals surface area (Å²) in [6.45, 7) is 6.24. The molecule has 0 spiro atoms. The molecule has 6 nitrogen and oxygen atoms in total. The molecule has 8 heteroatoms. The molecular formula is C23H24FN5OS. The number of thiazole rings is 1. The second-order valence-electron chi connectivity index (χ2n) is 7.73. The fourth-order valence-corrected chi connectivity index (χ4v) is 4.49. The second-order valence-corrected chi connectivity index (χ2v) is 8.67. The van der Waals surface area contributed by atoms with E-state index in [1.165, 1.54) is 12.1 Å². The summed E-state index contributed by atoms with van der Waals surface area (Å²) in [5.41, 5.74) is 3.19. The van der Waals surface area contributed by atoms with Crippen molar-refractivity contribution < 1.29 is 9.13 Å². The molecule has 31 heavy (non-hydrogen) atoms. The van der Waals surface area contributed by atoms with E-state index in [0.717, 1.165) is 61.3 Å². The maximum atomic E-state index is 13.0. The molecule has 0 bridgehead atoms. The lowest BCUT2D eigenvalue weighted by Gasteiger charge is -2.33. The van der Waals surface area contributed by atoms with E-state index in [1.54, 1.807) is 23.5 Å². The molecule has 0 aliphatic carbocycles. The van der Waals surface area contributed by atoms with Crippen molar-refractivity contribution in [1.29, 1.82) is 0 Å². The normalized spacial score (nSPS) is 15.5. The van der Waals surface area contributed by atoms with Crippen LogP contribution in [0.3, 0.4) is 0 Å². The molecule has 5 rings (SSSR count). The van der Waals surface area contributed by atoms with Gasteiger partial charge in [0.05, 0.1) is 11.4 Å². The Bertz CT molecular complexity index is 1100. The highest BCUT2D eigenvalue weighted by Crippen LogP contribution is 2.18. The van der Waals surface area contributed by atoms with Gasteiger partial charge in [0.1, 0.15) is 28.8 Å². The third-order valence-electron chi connectivity index (χ3n) is 5.43. The molecule has 1 aliphatic heterocycles. The topological polar surface area (TPSA) is 45.9 Å². The Labute approximate surface area is 184 Å². The number of rotatable bonds is 7. The van der Waals surface area contributed by atoms with Gasteiger partial charge in [0.2, 0.25) is 0 Å². The van der Waals surface area contributed by atoms with Crippen LogP contribution >= 0.6 is 11.3 Å². The highest BCUT2D eigenvalue weighted by atomic mass is 32.1. The van der Waals surface area contributed by atoms with Crippen molar-refractivity contribution in [2.75, 3.05) is 26.2 Å². The van der Waals surface area contributed by atoms with Gasteiger partial charge in [0.15, 0.2) is 0 Å². The van der Waals surface area contributed by atoms with Gasteiger partial charge in [-0.1, -0.05) is 6.07 Å². The smallest absolute Gasteiger partial charge is 0.140 e. The van der Waals surface area contributed by atoms with E-state index in [2.05, 4.69) is 25.8 Å². The average Bonchev–Trinajstić information content (AvgIpc) is 3.41. The van der Waals surface area contributed by atoms with Crippen molar-refractivity contribution in [3.63, 3.8) is 0 Å². The summed E-state index contributed by atoms with van der Waals surface area (Å²) in [4.78, 5) is 14.3. The number of hydrogen-bond acceptors (Lipinski definition) is 6. The van der Waals surface area contributed by atoms with E-state index in [9.17, 15) is 4.39 Å². The van der Waals surface area contributed by atoms with E-state index < -0.39 is 0 Å². The molecule has 1 aliphatic rings. The van der Waals surface area contributed by atoms with Crippen molar-refractivity contribution in [2.45, 2.75) is 19.7 Å². The summed E-state index contributed by atoms with van der Waals surface area (Å²) in [5, 5.41) is 3.04. The first-order valence-electron chi connectivity index (χ1n) is 10.4. The number of imidazole rings is 1. The Kier molecular flexibility index (Phi) is 5.93. The Morgan fingerprint density at radius 1 is 0.903 bits per heavy atom. The summed E-state index contributed by atoms with van der Waals surface area (Å²) in [6, 6.07) is 12.1. The number of piperazine rings is 1. The number of nitrogens with zero attached hydrogens (tertiary/aromatic N) is 5. The van der Waals surface area contributed by atoms with Gasteiger partial charge in [-0.25, -0.2) is 14.4 Å². The standard InChI is InChI=1S/C23H24FN5OS/c24-18-4-6-21(7-5-18)30-16-23-26-20(17-31-23)14-28-11-9-27(10-12-28)13-19-15-29-8-2-1-3-22(29)25-19/h1-8,15,17H,9-14,16H2. The predicted molar refractivity (Wildman–Crippen MR) is 119 cm³/mol. The first-order valence-corrected chi connectivity index (χ1v) is 11.3. The number of hydrogen-bond donors (Lipinski definition) is 0. The quantitative estimate of drug-likeness (QED) is 0.440. The van der Waals surface area contributed by atoms with E-state index in [1.807, 2.05) is 24.4 Å². The molecule has 1 aromatic carbocycles. The summed E-state index contributed by atoms with van der Waals surface area (Å²) >= 11 is 1.61. The summed E-state index contributed by atoms with van der Waals surface area (Å²) in [5.74, 6) is 0.391. The van der Waals surface area contributed by atoms with E-state index in [-0.39, 0.29) is 5.82 Å². The zero-order chi connectivity index (χ0) is 21.0. The van der Waals surface area contributed by atoms with Crippen LogP contribution in [0, 0.1) is 5.82 Å². The largest absolute Gasteiger partial charge is 0.486 e. The SMILES string of the molecule is Fc1ccc(OCc2nc(CN3CCN(Cc4cn5ccccc5n4)CC3)cs2)cc1. The van der Waals surface area contributed by atoms with Crippen LogP contribution in [0.4, 0.5) is 4.39 Å². The molecule has 4 aromatic rings. The van der Waals surface area contributed by atoms with Gasteiger partial charge in [-0.05, 0) is 36.4 Å². The zero-order valence-electron chi connectivity index (χ0n) is 17.2. The fourth-order valence-electron chi connectivity index (χ4n) is 3.79. The molecule has 0 atom stereocenters. The van der Waals surface area contributed by atoms with Gasteiger partial charge in [-0.2, -0.15) is 0 Å². The van der Waals surface area contributed by atoms with Crippen molar-refractivity contribution in [3.05, 3.63) is 82.5 Å². The Balaban J connectivity index is 1.08. The summed E-state index contributed by atoms with van der Waals surface area (Å²) < 4.78 is 20.7. The molecule has 0 amide bonds. The molecule has 0 radical (unpaired) electrons. The van der Waals surface area contributed by atoms with Gasteiger partial charge in [-0.3, -0.25) is 9.80 Å². The van der Waals surface area contributed by atoms with Gasteiger partial charge < -0.3 is 9.14 Å². The Morgan fingerprint density at radius 2 is 1.65 bits per heavy atom. The van der Waals surface area contributed by atoms with Gasteiger partial charge in [0, 0.05) is 57.0 Å². The summed E-state index contributed by atoms with van der Waals surface area (Å²) in [6.07, 6.45) is 4.16. The van der Waals surface area contributed by atoms with Crippen LogP contribution in [-0.2, 0) is 19.7 Å². The van der Waals surface area contributed by atoms with E-state index in [4.69, 9.17) is 14.7 Å². The third-order valence-corrected chi connectivity index (χ3v) is 6.30. The second kappa shape index (κ2) is 9.13.